The summed E-state index contributed by atoms with van der Waals surface area (Å²) in [5.74, 6) is 1.07. The van der Waals surface area contributed by atoms with E-state index in [9.17, 15) is 5.11 Å². The van der Waals surface area contributed by atoms with Crippen LogP contribution in [-0.4, -0.2) is 11.2 Å². The van der Waals surface area contributed by atoms with Gasteiger partial charge in [0.25, 0.3) is 0 Å². The maximum absolute atomic E-state index is 9.45. The van der Waals surface area contributed by atoms with Crippen LogP contribution in [0.4, 0.5) is 0 Å². The minimum Gasteiger partial charge on any atom is -0.393 e. The predicted octanol–water partition coefficient (Wildman–Crippen LogP) is 1.80. The number of aliphatic hydroxyl groups excluding tert-OH is 1. The topological polar surface area (TPSA) is 20.2 Å². The van der Waals surface area contributed by atoms with Crippen LogP contribution in [0.5, 0.6) is 0 Å². The van der Waals surface area contributed by atoms with Gasteiger partial charge in [-0.25, -0.2) is 0 Å². The van der Waals surface area contributed by atoms with E-state index in [-0.39, 0.29) is 6.10 Å². The smallest absolute Gasteiger partial charge is 0.0591 e. The standard InChI is InChI=1S/C8H16O/c1-6-4-3-5-7(2)8(6)9/h6-9H,3-5H2,1-2H3/t6-,7?,8?/m0/s1. The van der Waals surface area contributed by atoms with E-state index in [2.05, 4.69) is 13.8 Å². The van der Waals surface area contributed by atoms with E-state index in [0.717, 1.165) is 0 Å². The van der Waals surface area contributed by atoms with Gasteiger partial charge in [0.05, 0.1) is 6.10 Å². The molecule has 0 bridgehead atoms. The van der Waals surface area contributed by atoms with Crippen LogP contribution in [0, 0.1) is 11.8 Å². The van der Waals surface area contributed by atoms with Crippen LogP contribution in [0.1, 0.15) is 33.1 Å². The number of hydrogen-bond donors (Lipinski definition) is 1. The molecule has 54 valence electrons. The Labute approximate surface area is 57.1 Å². The third-order valence-electron chi connectivity index (χ3n) is 2.48. The lowest BCUT2D eigenvalue weighted by atomic mass is 9.81. The first-order valence-electron chi connectivity index (χ1n) is 3.90. The summed E-state index contributed by atoms with van der Waals surface area (Å²) in [6, 6.07) is 0. The molecular weight excluding hydrogens is 112 g/mol. The first-order chi connectivity index (χ1) is 4.22. The summed E-state index contributed by atoms with van der Waals surface area (Å²) in [5, 5.41) is 9.45. The van der Waals surface area contributed by atoms with E-state index in [1.165, 1.54) is 19.3 Å². The van der Waals surface area contributed by atoms with E-state index < -0.39 is 0 Å². The highest BCUT2D eigenvalue weighted by Crippen LogP contribution is 2.28. The Morgan fingerprint density at radius 2 is 1.56 bits per heavy atom. The van der Waals surface area contributed by atoms with Crippen LogP contribution >= 0.6 is 0 Å². The van der Waals surface area contributed by atoms with Crippen molar-refractivity contribution in [1.29, 1.82) is 0 Å². The fourth-order valence-corrected chi connectivity index (χ4v) is 1.66. The van der Waals surface area contributed by atoms with Gasteiger partial charge in [-0.05, 0) is 24.7 Å². The minimum absolute atomic E-state index is 0.0289. The molecule has 1 aliphatic carbocycles. The molecule has 0 amide bonds. The third kappa shape index (κ3) is 1.45. The van der Waals surface area contributed by atoms with Crippen molar-refractivity contribution in [2.24, 2.45) is 11.8 Å². The second-order valence-corrected chi connectivity index (χ2v) is 3.38. The summed E-state index contributed by atoms with van der Waals surface area (Å²) in [6.45, 7) is 4.28. The van der Waals surface area contributed by atoms with Gasteiger partial charge in [-0.3, -0.25) is 0 Å². The molecule has 2 unspecified atom stereocenters. The van der Waals surface area contributed by atoms with Crippen LogP contribution in [-0.2, 0) is 0 Å². The molecule has 0 aliphatic heterocycles. The molecule has 1 aliphatic rings. The van der Waals surface area contributed by atoms with Crippen LogP contribution < -0.4 is 0 Å². The van der Waals surface area contributed by atoms with Crippen LogP contribution in [0.25, 0.3) is 0 Å². The predicted molar refractivity (Wildman–Crippen MR) is 38.2 cm³/mol. The summed E-state index contributed by atoms with van der Waals surface area (Å²) in [4.78, 5) is 0. The first-order valence-corrected chi connectivity index (χ1v) is 3.90. The molecule has 0 aromatic carbocycles. The molecule has 0 saturated heterocycles. The van der Waals surface area contributed by atoms with Crippen molar-refractivity contribution in [1.82, 2.24) is 0 Å². The normalized spacial score (nSPS) is 45.0. The Morgan fingerprint density at radius 1 is 1.11 bits per heavy atom. The van der Waals surface area contributed by atoms with Crippen LogP contribution in [0.15, 0.2) is 0 Å². The molecule has 1 rings (SSSR count). The second kappa shape index (κ2) is 2.70. The Morgan fingerprint density at radius 3 is 1.89 bits per heavy atom. The zero-order valence-electron chi connectivity index (χ0n) is 6.30. The van der Waals surface area contributed by atoms with Crippen molar-refractivity contribution in [2.75, 3.05) is 0 Å². The zero-order valence-corrected chi connectivity index (χ0v) is 6.30. The van der Waals surface area contributed by atoms with Gasteiger partial charge in [-0.15, -0.1) is 0 Å². The van der Waals surface area contributed by atoms with Crippen molar-refractivity contribution in [3.8, 4) is 0 Å². The SMILES string of the molecule is CC1CCC[C@H](C)C1O. The number of hydrogen-bond acceptors (Lipinski definition) is 1. The molecule has 1 fully saturated rings. The van der Waals surface area contributed by atoms with Crippen LogP contribution in [0.2, 0.25) is 0 Å². The lowest BCUT2D eigenvalue weighted by Crippen LogP contribution is -2.29. The van der Waals surface area contributed by atoms with Gasteiger partial charge in [0.15, 0.2) is 0 Å². The van der Waals surface area contributed by atoms with E-state index in [1.807, 2.05) is 0 Å². The van der Waals surface area contributed by atoms with E-state index >= 15 is 0 Å². The minimum atomic E-state index is -0.0289. The van der Waals surface area contributed by atoms with Gasteiger partial charge in [0.2, 0.25) is 0 Å². The average molecular weight is 128 g/mol. The Bertz CT molecular complexity index is 80.6. The van der Waals surface area contributed by atoms with Gasteiger partial charge >= 0.3 is 0 Å². The van der Waals surface area contributed by atoms with Gasteiger partial charge in [-0.2, -0.15) is 0 Å². The lowest BCUT2D eigenvalue weighted by Gasteiger charge is -2.29. The maximum Gasteiger partial charge on any atom is 0.0591 e. The largest absolute Gasteiger partial charge is 0.393 e. The van der Waals surface area contributed by atoms with Crippen molar-refractivity contribution >= 4 is 0 Å². The second-order valence-electron chi connectivity index (χ2n) is 3.38. The van der Waals surface area contributed by atoms with Crippen LogP contribution in [0.3, 0.4) is 0 Å². The summed E-state index contributed by atoms with van der Waals surface area (Å²) in [5.41, 5.74) is 0. The van der Waals surface area contributed by atoms with Gasteiger partial charge < -0.3 is 5.11 Å². The highest BCUT2D eigenvalue weighted by Gasteiger charge is 2.24. The third-order valence-corrected chi connectivity index (χ3v) is 2.48. The molecule has 1 saturated carbocycles. The quantitative estimate of drug-likeness (QED) is 0.527. The summed E-state index contributed by atoms with van der Waals surface area (Å²) >= 11 is 0. The van der Waals surface area contributed by atoms with Crippen molar-refractivity contribution < 1.29 is 5.11 Å². The van der Waals surface area contributed by atoms with E-state index in [4.69, 9.17) is 0 Å². The molecule has 1 heteroatoms. The fourth-order valence-electron chi connectivity index (χ4n) is 1.66. The molecule has 0 spiro atoms. The van der Waals surface area contributed by atoms with Gasteiger partial charge in [-0.1, -0.05) is 20.3 Å². The van der Waals surface area contributed by atoms with E-state index in [0.29, 0.717) is 11.8 Å². The molecule has 1 N–H and O–H groups in total. The number of rotatable bonds is 0. The average Bonchev–Trinajstić information content (AvgIpc) is 1.83. The Kier molecular flexibility index (Phi) is 2.12. The highest BCUT2D eigenvalue weighted by atomic mass is 16.3. The first kappa shape index (κ1) is 7.07. The van der Waals surface area contributed by atoms with Crippen molar-refractivity contribution in [3.63, 3.8) is 0 Å². The molecule has 0 heterocycles. The fraction of sp³-hybridized carbons (Fsp3) is 1.00. The molecule has 0 radical (unpaired) electrons. The molecule has 9 heavy (non-hydrogen) atoms. The summed E-state index contributed by atoms with van der Waals surface area (Å²) < 4.78 is 0. The van der Waals surface area contributed by atoms with E-state index in [1.54, 1.807) is 0 Å². The molecular formula is C8H16O. The van der Waals surface area contributed by atoms with Gasteiger partial charge in [0, 0.05) is 0 Å². The monoisotopic (exact) mass is 128 g/mol. The Hall–Kier alpha value is -0.0400. The molecule has 0 aromatic heterocycles. The Balaban J connectivity index is 2.41. The maximum atomic E-state index is 9.45. The molecule has 3 atom stereocenters. The zero-order chi connectivity index (χ0) is 6.85. The lowest BCUT2D eigenvalue weighted by molar-refractivity contribution is 0.0334. The number of aliphatic hydroxyl groups is 1. The van der Waals surface area contributed by atoms with Gasteiger partial charge in [0.1, 0.15) is 0 Å². The summed E-state index contributed by atoms with van der Waals surface area (Å²) in [6.07, 6.45) is 3.70. The van der Waals surface area contributed by atoms with Crippen molar-refractivity contribution in [3.05, 3.63) is 0 Å². The van der Waals surface area contributed by atoms with Crippen molar-refractivity contribution in [2.45, 2.75) is 39.2 Å². The summed E-state index contributed by atoms with van der Waals surface area (Å²) in [7, 11) is 0. The highest BCUT2D eigenvalue weighted by molar-refractivity contribution is 4.75. The molecule has 0 aromatic rings. The molecule has 1 nitrogen and oxygen atoms in total.